The van der Waals surface area contributed by atoms with Gasteiger partial charge in [-0.15, -0.1) is 0 Å². The molecule has 0 bridgehead atoms. The summed E-state index contributed by atoms with van der Waals surface area (Å²) < 4.78 is 7.02. The highest BCUT2D eigenvalue weighted by Gasteiger charge is 2.18. The van der Waals surface area contributed by atoms with Gasteiger partial charge in [0.25, 0.3) is 5.91 Å². The first-order chi connectivity index (χ1) is 12.9. The average molecular weight is 385 g/mol. The van der Waals surface area contributed by atoms with Crippen molar-refractivity contribution < 1.29 is 9.53 Å². The van der Waals surface area contributed by atoms with Crippen molar-refractivity contribution in [3.8, 4) is 5.75 Å². The minimum absolute atomic E-state index is 0.104. The molecule has 3 rings (SSSR count). The summed E-state index contributed by atoms with van der Waals surface area (Å²) in [5.41, 5.74) is 1.46. The minimum Gasteiger partial charge on any atom is -0.497 e. The quantitative estimate of drug-likeness (QED) is 0.718. The summed E-state index contributed by atoms with van der Waals surface area (Å²) in [6.07, 6.45) is 1.61. The van der Waals surface area contributed by atoms with E-state index >= 15 is 0 Å². The number of benzene rings is 2. The summed E-state index contributed by atoms with van der Waals surface area (Å²) in [6.45, 7) is 4.46. The fourth-order valence-corrected chi connectivity index (χ4v) is 3.22. The third-order valence-corrected chi connectivity index (χ3v) is 4.83. The molecule has 5 nitrogen and oxygen atoms in total. The lowest BCUT2D eigenvalue weighted by molar-refractivity contribution is 0.0938. The molecule has 1 N–H and O–H groups in total. The van der Waals surface area contributed by atoms with Crippen LogP contribution in [0.25, 0.3) is 10.9 Å². The molecule has 140 valence electrons. The fraction of sp³-hybridized carbons (Fsp3) is 0.238. The SMILES string of the molecule is CCn1cc(C(=O)N[C@H](C)c2ccc(OC)cc2)c(=O)c2cc(Cl)ccc21. The minimum atomic E-state index is -0.410. The Hall–Kier alpha value is -2.79. The van der Waals surface area contributed by atoms with Crippen molar-refractivity contribution in [2.75, 3.05) is 7.11 Å². The molecule has 1 amide bonds. The van der Waals surface area contributed by atoms with Crippen LogP contribution in [-0.2, 0) is 6.54 Å². The van der Waals surface area contributed by atoms with Crippen LogP contribution in [-0.4, -0.2) is 17.6 Å². The summed E-state index contributed by atoms with van der Waals surface area (Å²) in [4.78, 5) is 25.6. The standard InChI is InChI=1S/C21H21ClN2O3/c1-4-24-12-18(20(25)17-11-15(22)7-10-19(17)24)21(26)23-13(2)14-5-8-16(27-3)9-6-14/h5-13H,4H2,1-3H3,(H,23,26)/t13-/m1/s1. The van der Waals surface area contributed by atoms with Crippen molar-refractivity contribution in [3.05, 3.63) is 75.0 Å². The van der Waals surface area contributed by atoms with E-state index in [1.807, 2.05) is 42.7 Å². The molecule has 0 spiro atoms. The number of pyridine rings is 1. The first-order valence-electron chi connectivity index (χ1n) is 8.72. The third-order valence-electron chi connectivity index (χ3n) is 4.59. The van der Waals surface area contributed by atoms with Crippen LogP contribution in [0.1, 0.15) is 35.8 Å². The molecule has 0 saturated carbocycles. The number of amides is 1. The maximum atomic E-state index is 12.8. The van der Waals surface area contributed by atoms with Gasteiger partial charge in [0.2, 0.25) is 5.43 Å². The van der Waals surface area contributed by atoms with Gasteiger partial charge in [0.1, 0.15) is 11.3 Å². The van der Waals surface area contributed by atoms with Gasteiger partial charge >= 0.3 is 0 Å². The van der Waals surface area contributed by atoms with Crippen molar-refractivity contribution >= 4 is 28.4 Å². The second-order valence-corrected chi connectivity index (χ2v) is 6.72. The van der Waals surface area contributed by atoms with Crippen LogP contribution in [0.15, 0.2) is 53.5 Å². The predicted molar refractivity (Wildman–Crippen MR) is 108 cm³/mol. The molecule has 0 aliphatic rings. The van der Waals surface area contributed by atoms with Crippen LogP contribution in [0.4, 0.5) is 0 Å². The Morgan fingerprint density at radius 2 is 1.93 bits per heavy atom. The van der Waals surface area contributed by atoms with Crippen LogP contribution in [0, 0.1) is 0 Å². The molecule has 0 saturated heterocycles. The smallest absolute Gasteiger partial charge is 0.257 e. The summed E-state index contributed by atoms with van der Waals surface area (Å²) in [7, 11) is 1.60. The predicted octanol–water partition coefficient (Wildman–Crippen LogP) is 4.17. The average Bonchev–Trinajstić information content (AvgIpc) is 2.68. The van der Waals surface area contributed by atoms with E-state index in [0.717, 1.165) is 16.8 Å². The molecule has 6 heteroatoms. The van der Waals surface area contributed by atoms with Gasteiger partial charge in [-0.2, -0.15) is 0 Å². The van der Waals surface area contributed by atoms with Gasteiger partial charge < -0.3 is 14.6 Å². The summed E-state index contributed by atoms with van der Waals surface area (Å²) in [5.74, 6) is 0.335. The number of aromatic nitrogens is 1. The number of nitrogens with zero attached hydrogens (tertiary/aromatic N) is 1. The van der Waals surface area contributed by atoms with Crippen molar-refractivity contribution in [3.63, 3.8) is 0 Å². The van der Waals surface area contributed by atoms with Crippen molar-refractivity contribution in [1.82, 2.24) is 9.88 Å². The molecule has 0 fully saturated rings. The van der Waals surface area contributed by atoms with E-state index in [0.29, 0.717) is 17.0 Å². The Bertz CT molecular complexity index is 1040. The molecule has 1 aromatic heterocycles. The number of aryl methyl sites for hydroxylation is 1. The Labute approximate surface area is 162 Å². The number of halogens is 1. The van der Waals surface area contributed by atoms with E-state index in [2.05, 4.69) is 5.32 Å². The molecule has 0 radical (unpaired) electrons. The largest absolute Gasteiger partial charge is 0.497 e. The first kappa shape index (κ1) is 19.0. The van der Waals surface area contributed by atoms with E-state index in [1.54, 1.807) is 31.5 Å². The first-order valence-corrected chi connectivity index (χ1v) is 9.10. The van der Waals surface area contributed by atoms with Crippen molar-refractivity contribution in [2.45, 2.75) is 26.4 Å². The second kappa shape index (κ2) is 7.84. The molecular weight excluding hydrogens is 364 g/mol. The van der Waals surface area contributed by atoms with Crippen LogP contribution in [0.2, 0.25) is 5.02 Å². The number of methoxy groups -OCH3 is 1. The molecular formula is C21H21ClN2O3. The van der Waals surface area contributed by atoms with Gasteiger partial charge in [0.15, 0.2) is 0 Å². The summed E-state index contributed by atoms with van der Waals surface area (Å²) >= 11 is 6.05. The number of ether oxygens (including phenoxy) is 1. The van der Waals surface area contributed by atoms with Crippen LogP contribution in [0.5, 0.6) is 5.75 Å². The van der Waals surface area contributed by atoms with Gasteiger partial charge in [-0.05, 0) is 49.7 Å². The molecule has 27 heavy (non-hydrogen) atoms. The number of fused-ring (bicyclic) bond motifs is 1. The summed E-state index contributed by atoms with van der Waals surface area (Å²) in [6, 6.07) is 12.3. The molecule has 0 aliphatic carbocycles. The fourth-order valence-electron chi connectivity index (χ4n) is 3.04. The van der Waals surface area contributed by atoms with Crippen LogP contribution < -0.4 is 15.5 Å². The van der Waals surface area contributed by atoms with Crippen LogP contribution in [0.3, 0.4) is 0 Å². The Morgan fingerprint density at radius 1 is 1.22 bits per heavy atom. The topological polar surface area (TPSA) is 60.3 Å². The van der Waals surface area contributed by atoms with Gasteiger partial charge in [0.05, 0.1) is 18.7 Å². The van der Waals surface area contributed by atoms with Crippen molar-refractivity contribution in [2.24, 2.45) is 0 Å². The Balaban J connectivity index is 1.95. The number of carbonyl (C=O) groups is 1. The lowest BCUT2D eigenvalue weighted by atomic mass is 10.1. The van der Waals surface area contributed by atoms with Gasteiger partial charge in [0, 0.05) is 23.2 Å². The zero-order valence-electron chi connectivity index (χ0n) is 15.5. The van der Waals surface area contributed by atoms with E-state index in [-0.39, 0.29) is 17.0 Å². The second-order valence-electron chi connectivity index (χ2n) is 6.29. The zero-order chi connectivity index (χ0) is 19.6. The maximum absolute atomic E-state index is 12.8. The maximum Gasteiger partial charge on any atom is 0.257 e. The normalized spacial score (nSPS) is 12.0. The Morgan fingerprint density at radius 3 is 2.56 bits per heavy atom. The van der Waals surface area contributed by atoms with Gasteiger partial charge in [-0.1, -0.05) is 23.7 Å². The van der Waals surface area contributed by atoms with E-state index < -0.39 is 5.91 Å². The third kappa shape index (κ3) is 3.83. The number of hydrogen-bond donors (Lipinski definition) is 1. The molecule has 1 atom stereocenters. The molecule has 1 heterocycles. The molecule has 2 aromatic carbocycles. The van der Waals surface area contributed by atoms with Crippen LogP contribution >= 0.6 is 11.6 Å². The van der Waals surface area contributed by atoms with E-state index in [9.17, 15) is 9.59 Å². The number of rotatable bonds is 5. The van der Waals surface area contributed by atoms with Crippen molar-refractivity contribution in [1.29, 1.82) is 0 Å². The lowest BCUT2D eigenvalue weighted by Gasteiger charge is -2.16. The molecule has 0 aliphatic heterocycles. The highest BCUT2D eigenvalue weighted by atomic mass is 35.5. The lowest BCUT2D eigenvalue weighted by Crippen LogP contribution is -2.31. The van der Waals surface area contributed by atoms with Gasteiger partial charge in [-0.3, -0.25) is 9.59 Å². The highest BCUT2D eigenvalue weighted by Crippen LogP contribution is 2.19. The Kier molecular flexibility index (Phi) is 5.51. The number of nitrogens with one attached hydrogen (secondary N) is 1. The van der Waals surface area contributed by atoms with E-state index in [1.165, 1.54) is 0 Å². The zero-order valence-corrected chi connectivity index (χ0v) is 16.2. The van der Waals surface area contributed by atoms with Gasteiger partial charge in [-0.25, -0.2) is 0 Å². The number of carbonyl (C=O) groups excluding carboxylic acids is 1. The van der Waals surface area contributed by atoms with E-state index in [4.69, 9.17) is 16.3 Å². The number of hydrogen-bond acceptors (Lipinski definition) is 3. The monoisotopic (exact) mass is 384 g/mol. The summed E-state index contributed by atoms with van der Waals surface area (Å²) in [5, 5.41) is 3.80. The molecule has 0 unspecified atom stereocenters. The highest BCUT2D eigenvalue weighted by molar-refractivity contribution is 6.31. The molecule has 3 aromatic rings.